The quantitative estimate of drug-likeness (QED) is 0.681. The molecular weight excluding hydrogens is 180 g/mol. The first-order valence-corrected chi connectivity index (χ1v) is 5.60. The summed E-state index contributed by atoms with van der Waals surface area (Å²) in [4.78, 5) is 1.30. The first kappa shape index (κ1) is 10.5. The van der Waals surface area contributed by atoms with Crippen molar-refractivity contribution in [2.24, 2.45) is 0 Å². The van der Waals surface area contributed by atoms with Gasteiger partial charge in [-0.05, 0) is 43.9 Å². The summed E-state index contributed by atoms with van der Waals surface area (Å²) in [6.07, 6.45) is 0.254. The van der Waals surface area contributed by atoms with Crippen LogP contribution in [-0.4, -0.2) is 11.9 Å². The van der Waals surface area contributed by atoms with E-state index in [9.17, 15) is 0 Å². The van der Waals surface area contributed by atoms with Crippen LogP contribution in [0, 0.1) is 0 Å². The van der Waals surface area contributed by atoms with Crippen LogP contribution in [0.2, 0.25) is 0 Å². The van der Waals surface area contributed by atoms with Crippen LogP contribution in [0.3, 0.4) is 0 Å². The van der Waals surface area contributed by atoms with E-state index in [2.05, 4.69) is 19.1 Å². The van der Waals surface area contributed by atoms with E-state index < -0.39 is 0 Å². The number of ether oxygens (including phenoxy) is 1. The summed E-state index contributed by atoms with van der Waals surface area (Å²) in [7, 11) is 0. The van der Waals surface area contributed by atoms with Gasteiger partial charge in [0.25, 0.3) is 0 Å². The molecule has 72 valence electrons. The van der Waals surface area contributed by atoms with Crippen LogP contribution in [0.5, 0.6) is 5.75 Å². The molecule has 0 radical (unpaired) electrons. The Morgan fingerprint density at radius 2 is 1.85 bits per heavy atom. The monoisotopic (exact) mass is 196 g/mol. The van der Waals surface area contributed by atoms with Crippen molar-refractivity contribution in [1.82, 2.24) is 0 Å². The standard InChI is InChI=1S/C11H16OS/c1-4-13-11-7-5-10(6-8-11)12-9(2)3/h5-9H,4H2,1-3H3. The largest absolute Gasteiger partial charge is 0.491 e. The van der Waals surface area contributed by atoms with E-state index in [0.29, 0.717) is 0 Å². The molecule has 1 aromatic carbocycles. The molecule has 0 atom stereocenters. The smallest absolute Gasteiger partial charge is 0.119 e. The van der Waals surface area contributed by atoms with Gasteiger partial charge in [0.15, 0.2) is 0 Å². The van der Waals surface area contributed by atoms with Gasteiger partial charge in [-0.2, -0.15) is 0 Å². The number of hydrogen-bond donors (Lipinski definition) is 0. The van der Waals surface area contributed by atoms with E-state index in [-0.39, 0.29) is 6.10 Å². The van der Waals surface area contributed by atoms with E-state index in [1.807, 2.05) is 37.7 Å². The van der Waals surface area contributed by atoms with Crippen molar-refractivity contribution in [3.63, 3.8) is 0 Å². The van der Waals surface area contributed by atoms with Crippen LogP contribution in [0.4, 0.5) is 0 Å². The van der Waals surface area contributed by atoms with Crippen molar-refractivity contribution in [1.29, 1.82) is 0 Å². The highest BCUT2D eigenvalue weighted by Gasteiger charge is 1.97. The van der Waals surface area contributed by atoms with Crippen LogP contribution in [-0.2, 0) is 0 Å². The molecule has 0 aliphatic carbocycles. The molecule has 0 aromatic heterocycles. The second-order valence-electron chi connectivity index (χ2n) is 3.07. The fraction of sp³-hybridized carbons (Fsp3) is 0.455. The van der Waals surface area contributed by atoms with Crippen molar-refractivity contribution in [3.05, 3.63) is 24.3 Å². The predicted molar refractivity (Wildman–Crippen MR) is 58.6 cm³/mol. The lowest BCUT2D eigenvalue weighted by atomic mass is 10.3. The van der Waals surface area contributed by atoms with Crippen molar-refractivity contribution in [2.75, 3.05) is 5.75 Å². The summed E-state index contributed by atoms with van der Waals surface area (Å²) in [5, 5.41) is 0. The third-order valence-corrected chi connectivity index (χ3v) is 2.40. The fourth-order valence-electron chi connectivity index (χ4n) is 1.05. The predicted octanol–water partition coefficient (Wildman–Crippen LogP) is 3.59. The Hall–Kier alpha value is -0.630. The van der Waals surface area contributed by atoms with Gasteiger partial charge in [0.1, 0.15) is 5.75 Å². The van der Waals surface area contributed by atoms with Gasteiger partial charge < -0.3 is 4.74 Å². The molecule has 0 saturated carbocycles. The fourth-order valence-corrected chi connectivity index (χ4v) is 1.72. The minimum absolute atomic E-state index is 0.254. The van der Waals surface area contributed by atoms with Gasteiger partial charge >= 0.3 is 0 Å². The summed E-state index contributed by atoms with van der Waals surface area (Å²) < 4.78 is 5.54. The Labute approximate surface area is 84.5 Å². The SMILES string of the molecule is CCSc1ccc(OC(C)C)cc1. The van der Waals surface area contributed by atoms with E-state index in [4.69, 9.17) is 4.74 Å². The molecule has 1 rings (SSSR count). The summed E-state index contributed by atoms with van der Waals surface area (Å²) in [6.45, 7) is 6.23. The van der Waals surface area contributed by atoms with Crippen LogP contribution >= 0.6 is 11.8 Å². The van der Waals surface area contributed by atoms with E-state index in [1.165, 1.54) is 4.90 Å². The minimum atomic E-state index is 0.254. The lowest BCUT2D eigenvalue weighted by molar-refractivity contribution is 0.242. The Kier molecular flexibility index (Phi) is 4.16. The maximum Gasteiger partial charge on any atom is 0.119 e. The third-order valence-electron chi connectivity index (χ3n) is 1.51. The number of rotatable bonds is 4. The highest BCUT2D eigenvalue weighted by atomic mass is 32.2. The molecule has 0 saturated heterocycles. The van der Waals surface area contributed by atoms with E-state index >= 15 is 0 Å². The molecule has 0 aliphatic heterocycles. The summed E-state index contributed by atoms with van der Waals surface area (Å²) in [5.41, 5.74) is 0. The summed E-state index contributed by atoms with van der Waals surface area (Å²) in [5.74, 6) is 2.07. The Bertz CT molecular complexity index is 241. The van der Waals surface area contributed by atoms with Crippen LogP contribution in [0.1, 0.15) is 20.8 Å². The second-order valence-corrected chi connectivity index (χ2v) is 4.41. The molecule has 0 aliphatic rings. The Morgan fingerprint density at radius 1 is 1.23 bits per heavy atom. The van der Waals surface area contributed by atoms with Gasteiger partial charge in [0, 0.05) is 4.90 Å². The van der Waals surface area contributed by atoms with Crippen molar-refractivity contribution in [3.8, 4) is 5.75 Å². The highest BCUT2D eigenvalue weighted by molar-refractivity contribution is 7.99. The van der Waals surface area contributed by atoms with Crippen LogP contribution in [0.25, 0.3) is 0 Å². The highest BCUT2D eigenvalue weighted by Crippen LogP contribution is 2.21. The van der Waals surface area contributed by atoms with Gasteiger partial charge in [-0.15, -0.1) is 11.8 Å². The van der Waals surface area contributed by atoms with E-state index in [0.717, 1.165) is 11.5 Å². The maximum atomic E-state index is 5.54. The van der Waals surface area contributed by atoms with Crippen LogP contribution in [0.15, 0.2) is 29.2 Å². The first-order chi connectivity index (χ1) is 6.22. The van der Waals surface area contributed by atoms with E-state index in [1.54, 1.807) is 0 Å². The van der Waals surface area contributed by atoms with Gasteiger partial charge in [0.2, 0.25) is 0 Å². The zero-order chi connectivity index (χ0) is 9.68. The molecule has 0 N–H and O–H groups in total. The average molecular weight is 196 g/mol. The molecule has 13 heavy (non-hydrogen) atoms. The number of benzene rings is 1. The molecule has 0 heterocycles. The maximum absolute atomic E-state index is 5.54. The molecule has 0 spiro atoms. The average Bonchev–Trinajstić information content (AvgIpc) is 2.08. The zero-order valence-corrected chi connectivity index (χ0v) is 9.23. The molecular formula is C11H16OS. The first-order valence-electron chi connectivity index (χ1n) is 4.62. The molecule has 1 aromatic rings. The number of thioether (sulfide) groups is 1. The number of hydrogen-bond acceptors (Lipinski definition) is 2. The molecule has 2 heteroatoms. The third kappa shape index (κ3) is 3.73. The Morgan fingerprint density at radius 3 is 2.31 bits per heavy atom. The summed E-state index contributed by atoms with van der Waals surface area (Å²) >= 11 is 1.85. The second kappa shape index (κ2) is 5.18. The molecule has 0 unspecified atom stereocenters. The van der Waals surface area contributed by atoms with Gasteiger partial charge in [-0.25, -0.2) is 0 Å². The van der Waals surface area contributed by atoms with Gasteiger partial charge in [-0.3, -0.25) is 0 Å². The van der Waals surface area contributed by atoms with Crippen molar-refractivity contribution in [2.45, 2.75) is 31.8 Å². The molecule has 0 fully saturated rings. The normalized spacial score (nSPS) is 10.5. The zero-order valence-electron chi connectivity index (χ0n) is 8.41. The van der Waals surface area contributed by atoms with Crippen molar-refractivity contribution < 1.29 is 4.74 Å². The molecule has 0 bridgehead atoms. The summed E-state index contributed by atoms with van der Waals surface area (Å²) in [6, 6.07) is 8.26. The molecule has 0 amide bonds. The van der Waals surface area contributed by atoms with Gasteiger partial charge in [0.05, 0.1) is 6.10 Å². The lowest BCUT2D eigenvalue weighted by Gasteiger charge is -2.09. The van der Waals surface area contributed by atoms with Crippen LogP contribution < -0.4 is 4.74 Å². The van der Waals surface area contributed by atoms with Crippen molar-refractivity contribution >= 4 is 11.8 Å². The van der Waals surface area contributed by atoms with Gasteiger partial charge in [-0.1, -0.05) is 6.92 Å². The molecule has 1 nitrogen and oxygen atoms in total. The minimum Gasteiger partial charge on any atom is -0.491 e. The topological polar surface area (TPSA) is 9.23 Å². The lowest BCUT2D eigenvalue weighted by Crippen LogP contribution is -2.04. The Balaban J connectivity index is 2.59.